The zero-order valence-electron chi connectivity index (χ0n) is 12.7. The van der Waals surface area contributed by atoms with Crippen LogP contribution in [0.4, 0.5) is 0 Å². The highest BCUT2D eigenvalue weighted by molar-refractivity contribution is 6.30. The second kappa shape index (κ2) is 5.84. The van der Waals surface area contributed by atoms with Crippen molar-refractivity contribution in [3.05, 3.63) is 28.6 Å². The van der Waals surface area contributed by atoms with Crippen LogP contribution in [0.25, 0.3) is 0 Å². The Bertz CT molecular complexity index is 578. The van der Waals surface area contributed by atoms with Crippen LogP contribution < -0.4 is 0 Å². The summed E-state index contributed by atoms with van der Waals surface area (Å²) in [5.41, 5.74) is 1.97. The van der Waals surface area contributed by atoms with Crippen molar-refractivity contribution in [2.75, 3.05) is 6.54 Å². The van der Waals surface area contributed by atoms with E-state index in [4.69, 9.17) is 11.6 Å². The fraction of sp³-hybridized carbons (Fsp3) is 0.625. The largest absolute Gasteiger partial charge is 0.335 e. The molecule has 0 bridgehead atoms. The van der Waals surface area contributed by atoms with Crippen molar-refractivity contribution in [3.63, 3.8) is 0 Å². The van der Waals surface area contributed by atoms with E-state index in [0.29, 0.717) is 17.5 Å². The average molecular weight is 308 g/mol. The Balaban J connectivity index is 1.78. The molecule has 0 saturated carbocycles. The van der Waals surface area contributed by atoms with Crippen LogP contribution in [0.1, 0.15) is 49.4 Å². The maximum absolute atomic E-state index is 12.6. The normalized spacial score (nSPS) is 25.0. The summed E-state index contributed by atoms with van der Waals surface area (Å²) in [7, 11) is 1.85. The Morgan fingerprint density at radius 1 is 1.48 bits per heavy atom. The van der Waals surface area contributed by atoms with Gasteiger partial charge in [-0.3, -0.25) is 9.48 Å². The lowest BCUT2D eigenvalue weighted by Gasteiger charge is -2.26. The molecule has 1 aliphatic heterocycles. The lowest BCUT2D eigenvalue weighted by molar-refractivity contribution is -0.132. The van der Waals surface area contributed by atoms with Gasteiger partial charge in [0.15, 0.2) is 0 Å². The van der Waals surface area contributed by atoms with E-state index in [2.05, 4.69) is 17.3 Å². The van der Waals surface area contributed by atoms with Gasteiger partial charge in [-0.05, 0) is 38.5 Å². The molecule has 5 heteroatoms. The molecule has 2 heterocycles. The van der Waals surface area contributed by atoms with E-state index in [-0.39, 0.29) is 11.9 Å². The lowest BCUT2D eigenvalue weighted by Crippen LogP contribution is -2.31. The number of hydrogen-bond donors (Lipinski definition) is 0. The van der Waals surface area contributed by atoms with Gasteiger partial charge in [-0.2, -0.15) is 5.10 Å². The number of hydrogen-bond acceptors (Lipinski definition) is 2. The molecule has 2 aliphatic rings. The lowest BCUT2D eigenvalue weighted by atomic mass is 10.0. The third-order valence-electron chi connectivity index (χ3n) is 4.65. The third kappa shape index (κ3) is 2.73. The first-order valence-electron chi connectivity index (χ1n) is 7.73. The first kappa shape index (κ1) is 14.6. The molecule has 2 unspecified atom stereocenters. The minimum absolute atomic E-state index is 0.101. The minimum Gasteiger partial charge on any atom is -0.335 e. The van der Waals surface area contributed by atoms with Crippen LogP contribution in [-0.4, -0.2) is 27.1 Å². The Kier molecular flexibility index (Phi) is 4.07. The van der Waals surface area contributed by atoms with Crippen molar-refractivity contribution in [3.8, 4) is 0 Å². The summed E-state index contributed by atoms with van der Waals surface area (Å²) >= 11 is 6.39. The predicted octanol–water partition coefficient (Wildman–Crippen LogP) is 3.40. The molecule has 1 aliphatic carbocycles. The standard InChI is InChI=1S/C16H22ClN3O/c1-11-15(16(17)19(2)18-11)13-8-5-9-20(13)14(21)10-12-6-3-4-7-12/h3,6,12-13H,4-5,7-10H2,1-2H3. The highest BCUT2D eigenvalue weighted by Crippen LogP contribution is 2.38. The Labute approximate surface area is 130 Å². The number of carbonyl (C=O) groups is 1. The fourth-order valence-corrected chi connectivity index (χ4v) is 3.90. The van der Waals surface area contributed by atoms with Crippen LogP contribution in [0.3, 0.4) is 0 Å². The van der Waals surface area contributed by atoms with E-state index >= 15 is 0 Å². The molecule has 1 aromatic heterocycles. The van der Waals surface area contributed by atoms with Gasteiger partial charge >= 0.3 is 0 Å². The van der Waals surface area contributed by atoms with Crippen molar-refractivity contribution < 1.29 is 4.79 Å². The Morgan fingerprint density at radius 2 is 2.29 bits per heavy atom. The summed E-state index contributed by atoms with van der Waals surface area (Å²) in [6.45, 7) is 2.81. The topological polar surface area (TPSA) is 38.1 Å². The maximum atomic E-state index is 12.6. The summed E-state index contributed by atoms with van der Waals surface area (Å²) in [5.74, 6) is 0.678. The third-order valence-corrected chi connectivity index (χ3v) is 5.10. The molecule has 4 nitrogen and oxygen atoms in total. The van der Waals surface area contributed by atoms with Gasteiger partial charge in [-0.1, -0.05) is 23.8 Å². The molecular formula is C16H22ClN3O. The predicted molar refractivity (Wildman–Crippen MR) is 83.1 cm³/mol. The van der Waals surface area contributed by atoms with Crippen molar-refractivity contribution in [2.45, 2.75) is 45.1 Å². The molecule has 0 spiro atoms. The zero-order valence-corrected chi connectivity index (χ0v) is 13.4. The second-order valence-corrected chi connectivity index (χ2v) is 6.49. The Hall–Kier alpha value is -1.29. The number of likely N-dealkylation sites (tertiary alicyclic amines) is 1. The summed E-state index contributed by atoms with van der Waals surface area (Å²) < 4.78 is 1.70. The number of aromatic nitrogens is 2. The fourth-order valence-electron chi connectivity index (χ4n) is 3.60. The van der Waals surface area contributed by atoms with Gasteiger partial charge in [-0.15, -0.1) is 0 Å². The van der Waals surface area contributed by atoms with Gasteiger partial charge in [0.25, 0.3) is 0 Å². The van der Waals surface area contributed by atoms with Crippen LogP contribution in [0.5, 0.6) is 0 Å². The van der Waals surface area contributed by atoms with Gasteiger partial charge in [0.2, 0.25) is 5.91 Å². The van der Waals surface area contributed by atoms with E-state index in [1.807, 2.05) is 18.9 Å². The number of allylic oxidation sites excluding steroid dienone is 2. The molecule has 1 fully saturated rings. The molecule has 1 amide bonds. The summed E-state index contributed by atoms with van der Waals surface area (Å²) in [5, 5.41) is 5.05. The monoisotopic (exact) mass is 307 g/mol. The molecule has 0 radical (unpaired) electrons. The van der Waals surface area contributed by atoms with Crippen LogP contribution in [0.15, 0.2) is 12.2 Å². The number of halogens is 1. The molecule has 1 saturated heterocycles. The minimum atomic E-state index is 0.101. The number of carbonyl (C=O) groups excluding carboxylic acids is 1. The average Bonchev–Trinajstić information content (AvgIpc) is 3.13. The van der Waals surface area contributed by atoms with Gasteiger partial charge in [-0.25, -0.2) is 0 Å². The van der Waals surface area contributed by atoms with Gasteiger partial charge < -0.3 is 4.90 Å². The Morgan fingerprint density at radius 3 is 2.90 bits per heavy atom. The van der Waals surface area contributed by atoms with Gasteiger partial charge in [0, 0.05) is 25.6 Å². The van der Waals surface area contributed by atoms with Crippen molar-refractivity contribution in [1.82, 2.24) is 14.7 Å². The summed E-state index contributed by atoms with van der Waals surface area (Å²) in [6, 6.07) is 0.101. The molecule has 0 aromatic carbocycles. The number of nitrogens with zero attached hydrogens (tertiary/aromatic N) is 3. The van der Waals surface area contributed by atoms with Crippen molar-refractivity contribution >= 4 is 17.5 Å². The van der Waals surface area contributed by atoms with E-state index in [9.17, 15) is 4.79 Å². The highest BCUT2D eigenvalue weighted by Gasteiger charge is 2.34. The van der Waals surface area contributed by atoms with Crippen LogP contribution >= 0.6 is 11.6 Å². The number of aryl methyl sites for hydroxylation is 2. The summed E-state index contributed by atoms with van der Waals surface area (Å²) in [6.07, 6.45) is 9.24. The van der Waals surface area contributed by atoms with Gasteiger partial charge in [0.05, 0.1) is 11.7 Å². The van der Waals surface area contributed by atoms with Crippen molar-refractivity contribution in [2.24, 2.45) is 13.0 Å². The molecule has 21 heavy (non-hydrogen) atoms. The van der Waals surface area contributed by atoms with Gasteiger partial charge in [0.1, 0.15) is 5.15 Å². The molecule has 1 aromatic rings. The van der Waals surface area contributed by atoms with Crippen LogP contribution in [0.2, 0.25) is 5.15 Å². The first-order valence-corrected chi connectivity index (χ1v) is 8.11. The van der Waals surface area contributed by atoms with E-state index in [1.54, 1.807) is 4.68 Å². The molecule has 2 atom stereocenters. The van der Waals surface area contributed by atoms with Crippen LogP contribution in [-0.2, 0) is 11.8 Å². The summed E-state index contributed by atoms with van der Waals surface area (Å²) in [4.78, 5) is 14.7. The first-order chi connectivity index (χ1) is 10.1. The smallest absolute Gasteiger partial charge is 0.223 e. The number of rotatable bonds is 3. The number of amides is 1. The van der Waals surface area contributed by atoms with E-state index in [1.165, 1.54) is 0 Å². The van der Waals surface area contributed by atoms with E-state index in [0.717, 1.165) is 43.5 Å². The molecular weight excluding hydrogens is 286 g/mol. The van der Waals surface area contributed by atoms with Crippen molar-refractivity contribution in [1.29, 1.82) is 0 Å². The maximum Gasteiger partial charge on any atom is 0.223 e. The van der Waals surface area contributed by atoms with Crippen LogP contribution in [0, 0.1) is 12.8 Å². The highest BCUT2D eigenvalue weighted by atomic mass is 35.5. The molecule has 3 rings (SSSR count). The van der Waals surface area contributed by atoms with E-state index < -0.39 is 0 Å². The SMILES string of the molecule is Cc1nn(C)c(Cl)c1C1CCCN1C(=O)CC1C=CCC1. The molecule has 0 N–H and O–H groups in total. The molecule has 114 valence electrons. The quantitative estimate of drug-likeness (QED) is 0.803. The second-order valence-electron chi connectivity index (χ2n) is 6.13. The zero-order chi connectivity index (χ0) is 15.0.